The van der Waals surface area contributed by atoms with Crippen molar-refractivity contribution in [3.05, 3.63) is 52.2 Å². The Morgan fingerprint density at radius 2 is 1.82 bits per heavy atom. The molecule has 34 heavy (non-hydrogen) atoms. The monoisotopic (exact) mass is 488 g/mol. The number of methoxy groups -OCH3 is 1. The van der Waals surface area contributed by atoms with E-state index < -0.39 is 30.4 Å². The average molecular weight is 488 g/mol. The van der Waals surface area contributed by atoms with Crippen LogP contribution in [0.5, 0.6) is 0 Å². The summed E-state index contributed by atoms with van der Waals surface area (Å²) in [7, 11) is 1.45. The lowest BCUT2D eigenvalue weighted by molar-refractivity contribution is -0.119. The van der Waals surface area contributed by atoms with Crippen LogP contribution in [0.3, 0.4) is 0 Å². The van der Waals surface area contributed by atoms with Gasteiger partial charge in [-0.15, -0.1) is 16.4 Å². The maximum atomic E-state index is 12.5. The predicted octanol–water partition coefficient (Wildman–Crippen LogP) is 0.730. The number of ether oxygens (including phenoxy) is 3. The molecule has 0 fully saturated rings. The smallest absolute Gasteiger partial charge is 0.341 e. The second kappa shape index (κ2) is 11.1. The highest BCUT2D eigenvalue weighted by atomic mass is 32.1. The summed E-state index contributed by atoms with van der Waals surface area (Å²) in [6, 6.07) is 6.20. The largest absolute Gasteiger partial charge is 0.460 e. The number of anilines is 1. The molecule has 0 radical (unpaired) electrons. The van der Waals surface area contributed by atoms with E-state index in [1.165, 1.54) is 37.2 Å². The van der Waals surface area contributed by atoms with Crippen LogP contribution in [0.15, 0.2) is 30.6 Å². The Bertz CT molecular complexity index is 1190. The molecule has 0 bridgehead atoms. The van der Waals surface area contributed by atoms with Crippen molar-refractivity contribution in [3.8, 4) is 5.69 Å². The van der Waals surface area contributed by atoms with Crippen LogP contribution in [-0.4, -0.2) is 70.9 Å². The maximum absolute atomic E-state index is 12.5. The summed E-state index contributed by atoms with van der Waals surface area (Å²) >= 11 is 0.823. The fourth-order valence-corrected chi connectivity index (χ4v) is 3.84. The fraction of sp³-hybridized carbons (Fsp3) is 0.250. The molecule has 1 aromatic carbocycles. The molecule has 2 amide bonds. The molecule has 0 saturated carbocycles. The Morgan fingerprint density at radius 3 is 2.44 bits per heavy atom. The lowest BCUT2D eigenvalue weighted by Gasteiger charge is -2.09. The first-order valence-corrected chi connectivity index (χ1v) is 10.5. The number of carbonyl (C=O) groups is 4. The minimum Gasteiger partial charge on any atom is -0.460 e. The first-order valence-electron chi connectivity index (χ1n) is 9.71. The average Bonchev–Trinajstić information content (AvgIpc) is 3.46. The van der Waals surface area contributed by atoms with E-state index in [0.717, 1.165) is 11.3 Å². The molecule has 0 aliphatic rings. The number of primary amides is 1. The van der Waals surface area contributed by atoms with Gasteiger partial charge in [-0.2, -0.15) is 0 Å². The molecule has 0 aliphatic carbocycles. The van der Waals surface area contributed by atoms with Crippen LogP contribution in [-0.2, 0) is 19.0 Å². The number of esters is 2. The molecule has 0 saturated heterocycles. The van der Waals surface area contributed by atoms with Gasteiger partial charge in [-0.1, -0.05) is 0 Å². The Hall–Kier alpha value is -4.17. The van der Waals surface area contributed by atoms with Crippen molar-refractivity contribution < 1.29 is 33.4 Å². The van der Waals surface area contributed by atoms with E-state index in [4.69, 9.17) is 19.9 Å². The van der Waals surface area contributed by atoms with E-state index in [1.54, 1.807) is 12.1 Å². The minimum absolute atomic E-state index is 0.00669. The van der Waals surface area contributed by atoms with Gasteiger partial charge in [0.15, 0.2) is 6.61 Å². The van der Waals surface area contributed by atoms with Crippen molar-refractivity contribution >= 4 is 40.1 Å². The third kappa shape index (κ3) is 5.79. The molecule has 2 aromatic heterocycles. The Labute approximate surface area is 196 Å². The van der Waals surface area contributed by atoms with Crippen LogP contribution in [0.25, 0.3) is 5.69 Å². The highest BCUT2D eigenvalue weighted by molar-refractivity contribution is 7.18. The lowest BCUT2D eigenvalue weighted by Crippen LogP contribution is -2.22. The van der Waals surface area contributed by atoms with Crippen LogP contribution >= 0.6 is 11.3 Å². The van der Waals surface area contributed by atoms with Gasteiger partial charge in [0.2, 0.25) is 0 Å². The summed E-state index contributed by atoms with van der Waals surface area (Å²) in [5.41, 5.74) is 6.46. The molecule has 178 valence electrons. The van der Waals surface area contributed by atoms with Crippen molar-refractivity contribution in [2.24, 2.45) is 5.73 Å². The predicted molar refractivity (Wildman–Crippen MR) is 118 cm³/mol. The normalized spacial score (nSPS) is 10.5. The van der Waals surface area contributed by atoms with Crippen LogP contribution in [0.2, 0.25) is 0 Å². The van der Waals surface area contributed by atoms with E-state index in [9.17, 15) is 19.2 Å². The van der Waals surface area contributed by atoms with Gasteiger partial charge in [0.05, 0.1) is 28.3 Å². The number of thiophene rings is 1. The van der Waals surface area contributed by atoms with Crippen molar-refractivity contribution in [2.75, 3.05) is 32.2 Å². The van der Waals surface area contributed by atoms with Crippen molar-refractivity contribution in [3.63, 3.8) is 0 Å². The highest BCUT2D eigenvalue weighted by Crippen LogP contribution is 2.33. The van der Waals surface area contributed by atoms with Gasteiger partial charge >= 0.3 is 11.9 Å². The molecule has 0 atom stereocenters. The Morgan fingerprint density at radius 1 is 1.09 bits per heavy atom. The fourth-order valence-electron chi connectivity index (χ4n) is 2.78. The number of amides is 2. The first-order chi connectivity index (χ1) is 16.3. The van der Waals surface area contributed by atoms with Crippen LogP contribution < -0.4 is 11.1 Å². The highest BCUT2D eigenvalue weighted by Gasteiger charge is 2.26. The number of benzene rings is 1. The summed E-state index contributed by atoms with van der Waals surface area (Å²) in [5.74, 6) is -2.97. The van der Waals surface area contributed by atoms with Crippen LogP contribution in [0.1, 0.15) is 36.0 Å². The van der Waals surface area contributed by atoms with Crippen molar-refractivity contribution in [1.29, 1.82) is 0 Å². The molecular formula is C20H20N6O7S. The second-order valence-corrected chi connectivity index (χ2v) is 7.70. The van der Waals surface area contributed by atoms with Gasteiger partial charge in [-0.05, 0) is 47.2 Å². The van der Waals surface area contributed by atoms with Crippen molar-refractivity contribution in [1.82, 2.24) is 20.2 Å². The van der Waals surface area contributed by atoms with E-state index >= 15 is 0 Å². The van der Waals surface area contributed by atoms with E-state index in [0.29, 0.717) is 5.69 Å². The standard InChI is InChI=1S/C20H20N6O7S/c1-11-15(20(30)32-8-7-31-2)18(34-16(11)17(21)28)23-14(27)9-33-19(29)12-3-5-13(6-4-12)26-10-22-24-25-26/h3-6,10H,7-9H2,1-2H3,(H2,21,28)(H,23,27). The number of hydrogen-bond donors (Lipinski definition) is 2. The SMILES string of the molecule is COCCOC(=O)c1c(NC(=O)COC(=O)c2ccc(-n3cnnn3)cc2)sc(C(N)=O)c1C. The minimum atomic E-state index is -0.759. The Kier molecular flexibility index (Phi) is 8.00. The molecule has 3 rings (SSSR count). The topological polar surface area (TPSA) is 178 Å². The van der Waals surface area contributed by atoms with Gasteiger partial charge in [0.1, 0.15) is 17.9 Å². The summed E-state index contributed by atoms with van der Waals surface area (Å²) in [5, 5.41) is 13.3. The summed E-state index contributed by atoms with van der Waals surface area (Å²) in [6.07, 6.45) is 1.40. The summed E-state index contributed by atoms with van der Waals surface area (Å²) in [4.78, 5) is 48.9. The van der Waals surface area contributed by atoms with Crippen LogP contribution in [0.4, 0.5) is 5.00 Å². The zero-order chi connectivity index (χ0) is 24.7. The molecule has 0 aliphatic heterocycles. The number of aromatic nitrogens is 4. The quantitative estimate of drug-likeness (QED) is 0.305. The maximum Gasteiger partial charge on any atom is 0.341 e. The number of nitrogens with zero attached hydrogens (tertiary/aromatic N) is 4. The zero-order valence-corrected chi connectivity index (χ0v) is 19.0. The first kappa shape index (κ1) is 24.5. The zero-order valence-electron chi connectivity index (χ0n) is 18.1. The van der Waals surface area contributed by atoms with E-state index in [-0.39, 0.29) is 39.8 Å². The lowest BCUT2D eigenvalue weighted by atomic mass is 10.1. The number of carbonyl (C=O) groups excluding carboxylic acids is 4. The van der Waals surface area contributed by atoms with Gasteiger partial charge in [0.25, 0.3) is 11.8 Å². The van der Waals surface area contributed by atoms with Gasteiger partial charge in [0, 0.05) is 7.11 Å². The summed E-state index contributed by atoms with van der Waals surface area (Å²) in [6.45, 7) is 1.03. The van der Waals surface area contributed by atoms with Gasteiger partial charge < -0.3 is 25.3 Å². The molecule has 13 nitrogen and oxygen atoms in total. The van der Waals surface area contributed by atoms with Gasteiger partial charge in [-0.25, -0.2) is 14.3 Å². The number of tetrazole rings is 1. The van der Waals surface area contributed by atoms with E-state index in [1.807, 2.05) is 0 Å². The molecule has 2 heterocycles. The third-order valence-electron chi connectivity index (χ3n) is 4.40. The van der Waals surface area contributed by atoms with Gasteiger partial charge in [-0.3, -0.25) is 9.59 Å². The third-order valence-corrected chi connectivity index (χ3v) is 5.62. The van der Waals surface area contributed by atoms with Crippen molar-refractivity contribution in [2.45, 2.75) is 6.92 Å². The number of rotatable bonds is 10. The molecule has 3 N–H and O–H groups in total. The summed E-state index contributed by atoms with van der Waals surface area (Å²) < 4.78 is 16.4. The second-order valence-electron chi connectivity index (χ2n) is 6.68. The van der Waals surface area contributed by atoms with Crippen LogP contribution in [0, 0.1) is 6.92 Å². The number of hydrogen-bond acceptors (Lipinski definition) is 11. The molecule has 3 aromatic rings. The molecule has 0 spiro atoms. The molecule has 0 unspecified atom stereocenters. The number of nitrogens with one attached hydrogen (secondary N) is 1. The molecular weight excluding hydrogens is 468 g/mol. The number of nitrogens with two attached hydrogens (primary N) is 1. The Balaban J connectivity index is 1.64. The molecule has 14 heteroatoms. The van der Waals surface area contributed by atoms with E-state index in [2.05, 4.69) is 20.8 Å².